The lowest BCUT2D eigenvalue weighted by Crippen LogP contribution is -2.24. The van der Waals surface area contributed by atoms with Crippen molar-refractivity contribution >= 4 is 11.7 Å². The number of nitrogens with one attached hydrogen (secondary N) is 3. The molecule has 19 heavy (non-hydrogen) atoms. The van der Waals surface area contributed by atoms with Crippen LogP contribution in [0.15, 0.2) is 24.3 Å². The van der Waals surface area contributed by atoms with Crippen LogP contribution in [0.3, 0.4) is 0 Å². The maximum absolute atomic E-state index is 13.1. The minimum atomic E-state index is -0.430. The number of carbonyl (C=O) groups excluding carboxylic acids is 1. The molecule has 0 unspecified atom stereocenters. The lowest BCUT2D eigenvalue weighted by Gasteiger charge is -2.13. The first-order chi connectivity index (χ1) is 9.24. The molecule has 2 aromatic rings. The summed E-state index contributed by atoms with van der Waals surface area (Å²) in [5.41, 5.74) is 2.29. The molecule has 1 amide bonds. The topological polar surface area (TPSA) is 69.8 Å². The Bertz CT molecular complexity index is 623. The second-order valence-electron chi connectivity index (χ2n) is 4.42. The molecule has 0 saturated carbocycles. The van der Waals surface area contributed by atoms with Crippen molar-refractivity contribution in [3.05, 3.63) is 46.9 Å². The molecule has 3 N–H and O–H groups in total. The van der Waals surface area contributed by atoms with Gasteiger partial charge in [0.25, 0.3) is 5.91 Å². The Morgan fingerprint density at radius 3 is 3.16 bits per heavy atom. The van der Waals surface area contributed by atoms with E-state index in [4.69, 9.17) is 0 Å². The zero-order chi connectivity index (χ0) is 13.2. The van der Waals surface area contributed by atoms with Gasteiger partial charge >= 0.3 is 0 Å². The van der Waals surface area contributed by atoms with Crippen LogP contribution in [-0.2, 0) is 13.0 Å². The first kappa shape index (κ1) is 11.9. The zero-order valence-electron chi connectivity index (χ0n) is 10.2. The maximum Gasteiger partial charge on any atom is 0.256 e. The molecule has 0 fully saturated rings. The molecule has 98 valence electrons. The van der Waals surface area contributed by atoms with Crippen LogP contribution in [0.2, 0.25) is 0 Å². The number of fused-ring (bicyclic) bond motifs is 1. The van der Waals surface area contributed by atoms with Crippen LogP contribution in [0.1, 0.15) is 21.6 Å². The van der Waals surface area contributed by atoms with Crippen LogP contribution in [-0.4, -0.2) is 22.6 Å². The van der Waals surface area contributed by atoms with Gasteiger partial charge in [0.15, 0.2) is 5.82 Å². The zero-order valence-corrected chi connectivity index (χ0v) is 10.2. The first-order valence-electron chi connectivity index (χ1n) is 6.08. The van der Waals surface area contributed by atoms with Gasteiger partial charge in [0.05, 0.1) is 5.69 Å². The largest absolute Gasteiger partial charge is 0.311 e. The van der Waals surface area contributed by atoms with E-state index in [1.54, 1.807) is 6.07 Å². The minimum Gasteiger partial charge on any atom is -0.311 e. The molecule has 0 saturated heterocycles. The summed E-state index contributed by atoms with van der Waals surface area (Å²) >= 11 is 0. The highest BCUT2D eigenvalue weighted by Crippen LogP contribution is 2.20. The van der Waals surface area contributed by atoms with E-state index < -0.39 is 5.82 Å². The third-order valence-corrected chi connectivity index (χ3v) is 3.13. The lowest BCUT2D eigenvalue weighted by atomic mass is 10.1. The van der Waals surface area contributed by atoms with E-state index in [0.29, 0.717) is 5.82 Å². The molecule has 1 aromatic heterocycles. The van der Waals surface area contributed by atoms with Gasteiger partial charge in [-0.15, -0.1) is 0 Å². The summed E-state index contributed by atoms with van der Waals surface area (Å²) < 4.78 is 13.1. The van der Waals surface area contributed by atoms with Crippen molar-refractivity contribution in [1.82, 2.24) is 15.5 Å². The third kappa shape index (κ3) is 2.34. The molecule has 1 aliphatic rings. The van der Waals surface area contributed by atoms with Gasteiger partial charge in [0.2, 0.25) is 0 Å². The van der Waals surface area contributed by atoms with Gasteiger partial charge in [-0.25, -0.2) is 4.39 Å². The highest BCUT2D eigenvalue weighted by atomic mass is 19.1. The van der Waals surface area contributed by atoms with Gasteiger partial charge in [0, 0.05) is 17.7 Å². The average molecular weight is 260 g/mol. The highest BCUT2D eigenvalue weighted by molar-refractivity contribution is 6.04. The molecule has 0 bridgehead atoms. The lowest BCUT2D eigenvalue weighted by molar-refractivity contribution is 0.102. The van der Waals surface area contributed by atoms with Gasteiger partial charge < -0.3 is 10.6 Å². The van der Waals surface area contributed by atoms with Crippen LogP contribution in [0, 0.1) is 5.82 Å². The van der Waals surface area contributed by atoms with Crippen molar-refractivity contribution in [2.45, 2.75) is 13.0 Å². The molecule has 2 heterocycles. The van der Waals surface area contributed by atoms with Crippen LogP contribution in [0.5, 0.6) is 0 Å². The van der Waals surface area contributed by atoms with Crippen LogP contribution >= 0.6 is 0 Å². The average Bonchev–Trinajstić information content (AvgIpc) is 2.82. The quantitative estimate of drug-likeness (QED) is 0.765. The van der Waals surface area contributed by atoms with E-state index in [9.17, 15) is 9.18 Å². The summed E-state index contributed by atoms with van der Waals surface area (Å²) in [5.74, 6) is -0.251. The predicted octanol–water partition coefficient (Wildman–Crippen LogP) is 1.45. The van der Waals surface area contributed by atoms with Crippen molar-refractivity contribution in [3.8, 4) is 0 Å². The van der Waals surface area contributed by atoms with Crippen molar-refractivity contribution in [3.63, 3.8) is 0 Å². The number of hydrogen-bond donors (Lipinski definition) is 3. The van der Waals surface area contributed by atoms with E-state index in [0.717, 1.165) is 30.8 Å². The predicted molar refractivity (Wildman–Crippen MR) is 68.4 cm³/mol. The SMILES string of the molecule is O=C(Nc1n[nH]c2c1CCNC2)c1cccc(F)c1. The Morgan fingerprint density at radius 2 is 2.32 bits per heavy atom. The van der Waals surface area contributed by atoms with Crippen molar-refractivity contribution in [1.29, 1.82) is 0 Å². The molecular weight excluding hydrogens is 247 g/mol. The molecule has 0 aliphatic carbocycles. The fourth-order valence-corrected chi connectivity index (χ4v) is 2.16. The summed E-state index contributed by atoms with van der Waals surface area (Å²) in [6.07, 6.45) is 0.810. The van der Waals surface area contributed by atoms with Crippen LogP contribution in [0.4, 0.5) is 10.2 Å². The number of benzene rings is 1. The number of nitrogens with zero attached hydrogens (tertiary/aromatic N) is 1. The first-order valence-corrected chi connectivity index (χ1v) is 6.08. The van der Waals surface area contributed by atoms with E-state index >= 15 is 0 Å². The molecule has 6 heteroatoms. The van der Waals surface area contributed by atoms with Crippen LogP contribution in [0.25, 0.3) is 0 Å². The highest BCUT2D eigenvalue weighted by Gasteiger charge is 2.18. The van der Waals surface area contributed by atoms with E-state index in [1.165, 1.54) is 18.2 Å². The molecular formula is C13H13FN4O. The van der Waals surface area contributed by atoms with E-state index in [-0.39, 0.29) is 11.5 Å². The number of rotatable bonds is 2. The van der Waals surface area contributed by atoms with E-state index in [1.807, 2.05) is 0 Å². The number of hydrogen-bond acceptors (Lipinski definition) is 3. The Morgan fingerprint density at radius 1 is 1.42 bits per heavy atom. The van der Waals surface area contributed by atoms with E-state index in [2.05, 4.69) is 20.8 Å². The minimum absolute atomic E-state index is 0.283. The number of anilines is 1. The Hall–Kier alpha value is -2.21. The van der Waals surface area contributed by atoms with Gasteiger partial charge in [-0.3, -0.25) is 9.89 Å². The normalized spacial score (nSPS) is 13.9. The maximum atomic E-state index is 13.1. The standard InChI is InChI=1S/C13H13FN4O/c14-9-3-1-2-8(6-9)13(19)16-12-10-4-5-15-7-11(10)17-18-12/h1-3,6,15H,4-5,7H2,(H2,16,17,18,19). The van der Waals surface area contributed by atoms with Gasteiger partial charge in [-0.1, -0.05) is 6.07 Å². The summed E-state index contributed by atoms with van der Waals surface area (Å²) in [5, 5.41) is 12.9. The summed E-state index contributed by atoms with van der Waals surface area (Å²) in [6.45, 7) is 1.58. The Labute approximate surface area is 109 Å². The third-order valence-electron chi connectivity index (χ3n) is 3.13. The molecule has 0 spiro atoms. The molecule has 0 atom stereocenters. The Balaban J connectivity index is 1.82. The second-order valence-corrected chi connectivity index (χ2v) is 4.42. The fraction of sp³-hybridized carbons (Fsp3) is 0.231. The molecule has 0 radical (unpaired) electrons. The molecule has 3 rings (SSSR count). The molecule has 1 aliphatic heterocycles. The smallest absolute Gasteiger partial charge is 0.256 e. The monoisotopic (exact) mass is 260 g/mol. The molecule has 5 nitrogen and oxygen atoms in total. The number of H-pyrrole nitrogens is 1. The van der Waals surface area contributed by atoms with Gasteiger partial charge in [0.1, 0.15) is 5.82 Å². The number of carbonyl (C=O) groups is 1. The second kappa shape index (κ2) is 4.81. The van der Waals surface area contributed by atoms with Gasteiger partial charge in [-0.2, -0.15) is 5.10 Å². The summed E-state index contributed by atoms with van der Waals surface area (Å²) in [6, 6.07) is 5.59. The van der Waals surface area contributed by atoms with Crippen molar-refractivity contribution in [2.75, 3.05) is 11.9 Å². The number of aromatic nitrogens is 2. The Kier molecular flexibility index (Phi) is 3.00. The molecule has 1 aromatic carbocycles. The van der Waals surface area contributed by atoms with Gasteiger partial charge in [-0.05, 0) is 31.2 Å². The van der Waals surface area contributed by atoms with Crippen molar-refractivity contribution in [2.24, 2.45) is 0 Å². The van der Waals surface area contributed by atoms with Crippen LogP contribution < -0.4 is 10.6 Å². The number of amides is 1. The van der Waals surface area contributed by atoms with Crippen molar-refractivity contribution < 1.29 is 9.18 Å². The summed E-state index contributed by atoms with van der Waals surface area (Å²) in [7, 11) is 0. The summed E-state index contributed by atoms with van der Waals surface area (Å²) in [4.78, 5) is 12.0. The fourth-order valence-electron chi connectivity index (χ4n) is 2.16. The number of halogens is 1. The number of aromatic amines is 1.